The van der Waals surface area contributed by atoms with Gasteiger partial charge in [-0.05, 0) is 20.8 Å². The van der Waals surface area contributed by atoms with Gasteiger partial charge in [-0.1, -0.05) is 0 Å². The average Bonchev–Trinajstić information content (AvgIpc) is 2.80. The molecule has 0 saturated carbocycles. The number of nitrogens with zero attached hydrogens (tertiary/aromatic N) is 1. The Balaban J connectivity index is 2.01. The molecule has 3 heterocycles. The van der Waals surface area contributed by atoms with E-state index in [1.807, 2.05) is 4.98 Å². The lowest BCUT2D eigenvalue weighted by molar-refractivity contribution is -0.195. The third-order valence-electron chi connectivity index (χ3n) is 3.46. The zero-order valence-electron chi connectivity index (χ0n) is 11.3. The summed E-state index contributed by atoms with van der Waals surface area (Å²) in [6, 6.07) is 0. The highest BCUT2D eigenvalue weighted by Gasteiger charge is 2.54. The number of ether oxygens (including phenoxy) is 3. The van der Waals surface area contributed by atoms with E-state index in [1.54, 1.807) is 20.8 Å². The summed E-state index contributed by atoms with van der Waals surface area (Å²) in [5.41, 5.74) is -1.81. The number of halogens is 1. The van der Waals surface area contributed by atoms with Gasteiger partial charge in [0.05, 0.1) is 12.3 Å². The van der Waals surface area contributed by atoms with E-state index >= 15 is 0 Å². The molecule has 0 aromatic carbocycles. The Morgan fingerprint density at radius 2 is 1.95 bits per heavy atom. The van der Waals surface area contributed by atoms with E-state index in [1.165, 1.54) is 0 Å². The Bertz CT molecular complexity index is 652. The van der Waals surface area contributed by atoms with Crippen molar-refractivity contribution in [2.45, 2.75) is 51.1 Å². The normalized spacial score (nSPS) is 35.2. The van der Waals surface area contributed by atoms with Gasteiger partial charge in [-0.25, -0.2) is 4.79 Å². The molecule has 2 aliphatic rings. The molecule has 0 spiro atoms. The van der Waals surface area contributed by atoms with Crippen molar-refractivity contribution in [3.8, 4) is 0 Å². The summed E-state index contributed by atoms with van der Waals surface area (Å²) < 4.78 is 31.4. The van der Waals surface area contributed by atoms with Crippen LogP contribution in [-0.2, 0) is 14.2 Å². The molecule has 2 saturated heterocycles. The first-order valence-corrected chi connectivity index (χ1v) is 6.30. The van der Waals surface area contributed by atoms with E-state index in [-0.39, 0.29) is 12.2 Å². The summed E-state index contributed by atoms with van der Waals surface area (Å²) in [7, 11) is 0. The molecule has 2 fully saturated rings. The van der Waals surface area contributed by atoms with Crippen molar-refractivity contribution in [2.75, 3.05) is 0 Å². The second-order valence-corrected chi connectivity index (χ2v) is 5.44. The molecule has 7 nitrogen and oxygen atoms in total. The number of H-pyrrole nitrogens is 1. The van der Waals surface area contributed by atoms with Crippen molar-refractivity contribution in [3.63, 3.8) is 0 Å². The van der Waals surface area contributed by atoms with Gasteiger partial charge >= 0.3 is 5.69 Å². The second-order valence-electron chi connectivity index (χ2n) is 5.44. The highest BCUT2D eigenvalue weighted by molar-refractivity contribution is 4.98. The lowest BCUT2D eigenvalue weighted by Gasteiger charge is -2.23. The molecule has 1 aromatic heterocycles. The molecular weight excluding hydrogens is 271 g/mol. The fourth-order valence-corrected chi connectivity index (χ4v) is 2.65. The molecule has 0 unspecified atom stereocenters. The Kier molecular flexibility index (Phi) is 2.86. The number of rotatable bonds is 1. The Morgan fingerprint density at radius 1 is 1.30 bits per heavy atom. The molecule has 0 radical (unpaired) electrons. The maximum absolute atomic E-state index is 13.4. The molecule has 1 N–H and O–H groups in total. The summed E-state index contributed by atoms with van der Waals surface area (Å²) >= 11 is 0. The quantitative estimate of drug-likeness (QED) is 0.792. The topological polar surface area (TPSA) is 82.6 Å². The van der Waals surface area contributed by atoms with Gasteiger partial charge in [-0.15, -0.1) is 0 Å². The molecule has 0 aliphatic carbocycles. The van der Waals surface area contributed by atoms with Gasteiger partial charge in [0.15, 0.2) is 12.0 Å². The maximum Gasteiger partial charge on any atom is 0.330 e. The first-order valence-electron chi connectivity index (χ1n) is 6.30. The van der Waals surface area contributed by atoms with Crippen LogP contribution in [0.4, 0.5) is 4.39 Å². The highest BCUT2D eigenvalue weighted by Crippen LogP contribution is 2.42. The number of fused-ring (bicyclic) bond motifs is 1. The van der Waals surface area contributed by atoms with Crippen LogP contribution in [0.3, 0.4) is 0 Å². The number of nitrogens with one attached hydrogen (secondary N) is 1. The third-order valence-corrected chi connectivity index (χ3v) is 3.46. The summed E-state index contributed by atoms with van der Waals surface area (Å²) in [5, 5.41) is 0. The fourth-order valence-electron chi connectivity index (χ4n) is 2.65. The minimum Gasteiger partial charge on any atom is -0.349 e. The van der Waals surface area contributed by atoms with Crippen LogP contribution in [0.1, 0.15) is 27.0 Å². The summed E-state index contributed by atoms with van der Waals surface area (Å²) in [6.07, 6.45) is -1.21. The molecule has 20 heavy (non-hydrogen) atoms. The fraction of sp³-hybridized carbons (Fsp3) is 0.667. The minimum absolute atomic E-state index is 0.311. The zero-order valence-corrected chi connectivity index (χ0v) is 11.3. The van der Waals surface area contributed by atoms with E-state index in [2.05, 4.69) is 0 Å². The number of hydrogen-bond donors (Lipinski definition) is 1. The van der Waals surface area contributed by atoms with Crippen LogP contribution in [-0.4, -0.2) is 33.7 Å². The van der Waals surface area contributed by atoms with E-state index in [4.69, 9.17) is 14.2 Å². The van der Waals surface area contributed by atoms with Crippen molar-refractivity contribution in [1.82, 2.24) is 9.55 Å². The smallest absolute Gasteiger partial charge is 0.330 e. The molecule has 0 bridgehead atoms. The van der Waals surface area contributed by atoms with Crippen molar-refractivity contribution in [1.29, 1.82) is 0 Å². The van der Waals surface area contributed by atoms with E-state index in [0.717, 1.165) is 10.8 Å². The van der Waals surface area contributed by atoms with Crippen LogP contribution in [0.2, 0.25) is 0 Å². The van der Waals surface area contributed by atoms with Gasteiger partial charge in [0.2, 0.25) is 5.82 Å². The zero-order chi connectivity index (χ0) is 14.7. The van der Waals surface area contributed by atoms with Crippen molar-refractivity contribution in [2.24, 2.45) is 0 Å². The van der Waals surface area contributed by atoms with Gasteiger partial charge in [0.1, 0.15) is 12.2 Å². The minimum atomic E-state index is -1.06. The monoisotopic (exact) mass is 286 g/mol. The largest absolute Gasteiger partial charge is 0.349 e. The molecule has 8 heteroatoms. The maximum atomic E-state index is 13.4. The number of hydrogen-bond acceptors (Lipinski definition) is 5. The summed E-state index contributed by atoms with van der Waals surface area (Å²) in [6.45, 7) is 5.30. The lowest BCUT2D eigenvalue weighted by atomic mass is 10.1. The van der Waals surface area contributed by atoms with Gasteiger partial charge < -0.3 is 14.2 Å². The van der Waals surface area contributed by atoms with Crippen LogP contribution in [0.25, 0.3) is 0 Å². The summed E-state index contributed by atoms with van der Waals surface area (Å²) in [5.74, 6) is -1.85. The number of aromatic amines is 1. The summed E-state index contributed by atoms with van der Waals surface area (Å²) in [4.78, 5) is 24.8. The molecule has 2 aliphatic heterocycles. The SMILES string of the molecule is C[C@H]1O[C@@H](n2cc(F)c(=O)[nH]c2=O)[C@H]2OC(C)(C)O[C@@H]21. The molecule has 110 valence electrons. The van der Waals surface area contributed by atoms with Gasteiger partial charge in [0.25, 0.3) is 5.56 Å². The van der Waals surface area contributed by atoms with E-state index in [0.29, 0.717) is 0 Å². The van der Waals surface area contributed by atoms with E-state index < -0.39 is 35.2 Å². The van der Waals surface area contributed by atoms with E-state index in [9.17, 15) is 14.0 Å². The molecule has 4 atom stereocenters. The predicted molar refractivity (Wildman–Crippen MR) is 64.7 cm³/mol. The highest BCUT2D eigenvalue weighted by atomic mass is 19.1. The first-order chi connectivity index (χ1) is 9.28. The standard InChI is InChI=1S/C12H15FN2O5/c1-5-7-8(20-12(2,3)19-7)10(18-5)15-4-6(13)9(16)14-11(15)17/h4-5,7-8,10H,1-3H3,(H,14,16,17)/t5-,7-,8+,10-/m1/s1. The van der Waals surface area contributed by atoms with Crippen molar-refractivity contribution in [3.05, 3.63) is 32.9 Å². The Morgan fingerprint density at radius 3 is 2.65 bits per heavy atom. The Labute approximate surface area is 113 Å². The van der Waals surface area contributed by atoms with Crippen LogP contribution in [0, 0.1) is 5.82 Å². The van der Waals surface area contributed by atoms with Crippen LogP contribution in [0.15, 0.2) is 15.8 Å². The molecule has 0 amide bonds. The van der Waals surface area contributed by atoms with Crippen LogP contribution < -0.4 is 11.2 Å². The second kappa shape index (κ2) is 4.24. The van der Waals surface area contributed by atoms with Gasteiger partial charge in [-0.3, -0.25) is 14.3 Å². The lowest BCUT2D eigenvalue weighted by Crippen LogP contribution is -2.38. The molecule has 3 rings (SSSR count). The molecular formula is C12H15FN2O5. The van der Waals surface area contributed by atoms with Crippen molar-refractivity contribution >= 4 is 0 Å². The number of aromatic nitrogens is 2. The third kappa shape index (κ3) is 2.00. The van der Waals surface area contributed by atoms with Gasteiger partial charge in [-0.2, -0.15) is 4.39 Å². The predicted octanol–water partition coefficient (Wildman–Crippen LogP) is 0.113. The molecule has 1 aromatic rings. The first kappa shape index (κ1) is 13.5. The van der Waals surface area contributed by atoms with Crippen molar-refractivity contribution < 1.29 is 18.6 Å². The van der Waals surface area contributed by atoms with Crippen LogP contribution in [0.5, 0.6) is 0 Å². The van der Waals surface area contributed by atoms with Gasteiger partial charge in [0, 0.05) is 0 Å². The Hall–Kier alpha value is -1.51. The average molecular weight is 286 g/mol. The van der Waals surface area contributed by atoms with Crippen LogP contribution >= 0.6 is 0 Å².